The van der Waals surface area contributed by atoms with E-state index in [0.717, 1.165) is 5.56 Å². The molecule has 0 fully saturated rings. The summed E-state index contributed by atoms with van der Waals surface area (Å²) in [6.45, 7) is 1.70. The number of oxime groups is 2. The second kappa shape index (κ2) is 4.00. The van der Waals surface area contributed by atoms with Crippen LogP contribution in [0.1, 0.15) is 12.5 Å². The summed E-state index contributed by atoms with van der Waals surface area (Å²) < 4.78 is 5.21. The number of benzene rings is 1. The van der Waals surface area contributed by atoms with Crippen molar-refractivity contribution in [3.05, 3.63) is 35.9 Å². The van der Waals surface area contributed by atoms with Gasteiger partial charge in [-0.25, -0.2) is 0 Å². The van der Waals surface area contributed by atoms with Crippen LogP contribution >= 0.6 is 0 Å². The lowest BCUT2D eigenvalue weighted by atomic mass is 10.1. The van der Waals surface area contributed by atoms with Crippen molar-refractivity contribution in [2.75, 3.05) is 0 Å². The lowest BCUT2D eigenvalue weighted by Gasteiger charge is -2.04. The highest BCUT2D eigenvalue weighted by atomic mass is 16.8. The van der Waals surface area contributed by atoms with Crippen LogP contribution in [0.4, 0.5) is 0 Å². The second-order valence-electron chi connectivity index (χ2n) is 3.00. The van der Waals surface area contributed by atoms with Crippen LogP contribution in [0.2, 0.25) is 0 Å². The summed E-state index contributed by atoms with van der Waals surface area (Å²) in [6, 6.07) is 9.13. The molecule has 0 amide bonds. The molecule has 1 unspecified atom stereocenters. The van der Waals surface area contributed by atoms with Crippen molar-refractivity contribution in [1.82, 2.24) is 0 Å². The maximum Gasteiger partial charge on any atom is 0.283 e. The molecule has 0 saturated heterocycles. The highest BCUT2D eigenvalue weighted by Crippen LogP contribution is 2.11. The van der Waals surface area contributed by atoms with E-state index < -0.39 is 6.29 Å². The first-order valence-electron chi connectivity index (χ1n) is 4.49. The van der Waals surface area contributed by atoms with Gasteiger partial charge in [-0.1, -0.05) is 35.5 Å². The van der Waals surface area contributed by atoms with E-state index in [4.69, 9.17) is 14.8 Å². The maximum atomic E-state index is 8.90. The lowest BCUT2D eigenvalue weighted by molar-refractivity contribution is -0.0313. The molecule has 0 spiro atoms. The van der Waals surface area contributed by atoms with Gasteiger partial charge in [0.05, 0.1) is 0 Å². The van der Waals surface area contributed by atoms with Gasteiger partial charge in [0.15, 0.2) is 5.71 Å². The van der Waals surface area contributed by atoms with Crippen molar-refractivity contribution in [2.24, 2.45) is 10.3 Å². The van der Waals surface area contributed by atoms with Gasteiger partial charge in [-0.05, 0) is 5.16 Å². The molecular weight excluding hydrogens is 196 g/mol. The largest absolute Gasteiger partial charge is 0.432 e. The van der Waals surface area contributed by atoms with E-state index in [0.29, 0.717) is 0 Å². The van der Waals surface area contributed by atoms with E-state index in [1.807, 2.05) is 18.2 Å². The summed E-state index contributed by atoms with van der Waals surface area (Å²) in [4.78, 5) is 4.84. The molecule has 1 aromatic rings. The zero-order valence-corrected chi connectivity index (χ0v) is 8.12. The fourth-order valence-electron chi connectivity index (χ4n) is 1.24. The van der Waals surface area contributed by atoms with Gasteiger partial charge in [-0.15, -0.1) is 0 Å². The quantitative estimate of drug-likeness (QED) is 0.454. The summed E-state index contributed by atoms with van der Waals surface area (Å²) in [6.07, 6.45) is -0.444. The number of rotatable bonds is 2. The van der Waals surface area contributed by atoms with Gasteiger partial charge < -0.3 is 14.8 Å². The molecule has 1 aliphatic heterocycles. The fourth-order valence-corrected chi connectivity index (χ4v) is 1.24. The minimum atomic E-state index is -0.444. The van der Waals surface area contributed by atoms with Crippen molar-refractivity contribution in [3.63, 3.8) is 0 Å². The average molecular weight is 206 g/mol. The van der Waals surface area contributed by atoms with E-state index in [1.54, 1.807) is 19.1 Å². The third-order valence-corrected chi connectivity index (χ3v) is 1.91. The van der Waals surface area contributed by atoms with Gasteiger partial charge in [0.1, 0.15) is 0 Å². The van der Waals surface area contributed by atoms with Crippen LogP contribution in [0.5, 0.6) is 0 Å². The third kappa shape index (κ3) is 1.90. The molecule has 78 valence electrons. The van der Waals surface area contributed by atoms with Gasteiger partial charge in [0.25, 0.3) is 12.2 Å². The zero-order chi connectivity index (χ0) is 10.7. The molecule has 1 heterocycles. The molecule has 0 aromatic heterocycles. The number of nitrogens with zero attached hydrogens (tertiary/aromatic N) is 2. The Labute approximate surface area is 86.6 Å². The predicted molar refractivity (Wildman–Crippen MR) is 53.8 cm³/mol. The second-order valence-corrected chi connectivity index (χ2v) is 3.00. The Morgan fingerprint density at radius 2 is 2.13 bits per heavy atom. The average Bonchev–Trinajstić information content (AvgIpc) is 2.68. The minimum absolute atomic E-state index is 0.191. The van der Waals surface area contributed by atoms with Gasteiger partial charge in [0, 0.05) is 12.5 Å². The molecule has 0 saturated carbocycles. The fraction of sp³-hybridized carbons (Fsp3) is 0.200. The molecule has 1 N–H and O–H groups in total. The van der Waals surface area contributed by atoms with E-state index >= 15 is 0 Å². The summed E-state index contributed by atoms with van der Waals surface area (Å²) in [5.74, 6) is 0.191. The summed E-state index contributed by atoms with van der Waals surface area (Å²) in [7, 11) is 0. The first kappa shape index (κ1) is 9.51. The Morgan fingerprint density at radius 3 is 2.67 bits per heavy atom. The molecule has 1 aromatic carbocycles. The first-order chi connectivity index (χ1) is 7.31. The van der Waals surface area contributed by atoms with Crippen molar-refractivity contribution < 1.29 is 14.8 Å². The molecule has 1 atom stereocenters. The summed E-state index contributed by atoms with van der Waals surface area (Å²) in [5.41, 5.74) is 0.983. The molecular formula is C10H10N2O3. The topological polar surface area (TPSA) is 63.4 Å². The molecule has 0 radical (unpaired) electrons. The zero-order valence-electron chi connectivity index (χ0n) is 8.12. The Hall–Kier alpha value is -2.04. The first-order valence-corrected chi connectivity index (χ1v) is 4.49. The van der Waals surface area contributed by atoms with E-state index in [2.05, 4.69) is 10.3 Å². The number of hydrogen-bond acceptors (Lipinski definition) is 5. The highest BCUT2D eigenvalue weighted by Gasteiger charge is 2.23. The Morgan fingerprint density at radius 1 is 1.40 bits per heavy atom. The third-order valence-electron chi connectivity index (χ3n) is 1.91. The Balaban J connectivity index is 2.27. The highest BCUT2D eigenvalue weighted by molar-refractivity contribution is 6.45. The van der Waals surface area contributed by atoms with Crippen LogP contribution in [0, 0.1) is 0 Å². The Bertz CT molecular complexity index is 400. The van der Waals surface area contributed by atoms with Crippen molar-refractivity contribution in [1.29, 1.82) is 0 Å². The standard InChI is InChI=1S/C10H10N2O3/c1-7-14-10(12-15-7)9(11-13)8-5-3-2-4-6-8/h2-7,13H,1H3/b11-9+. The molecule has 1 aliphatic rings. The van der Waals surface area contributed by atoms with E-state index in [-0.39, 0.29) is 11.6 Å². The SMILES string of the molecule is CC1ON=C(/C(=N/O)c2ccccc2)O1. The molecule has 5 nitrogen and oxygen atoms in total. The Kier molecular flexibility index (Phi) is 2.53. The number of ether oxygens (including phenoxy) is 1. The monoisotopic (exact) mass is 206 g/mol. The van der Waals surface area contributed by atoms with Crippen LogP contribution in [-0.2, 0) is 9.57 Å². The van der Waals surface area contributed by atoms with E-state index in [9.17, 15) is 0 Å². The molecule has 0 bridgehead atoms. The smallest absolute Gasteiger partial charge is 0.283 e. The maximum absolute atomic E-state index is 8.90. The number of hydrogen-bond donors (Lipinski definition) is 1. The lowest BCUT2D eigenvalue weighted by Crippen LogP contribution is -2.18. The van der Waals surface area contributed by atoms with Gasteiger partial charge >= 0.3 is 0 Å². The van der Waals surface area contributed by atoms with Crippen LogP contribution in [0.3, 0.4) is 0 Å². The molecule has 5 heteroatoms. The van der Waals surface area contributed by atoms with E-state index in [1.165, 1.54) is 0 Å². The van der Waals surface area contributed by atoms with Crippen molar-refractivity contribution in [3.8, 4) is 0 Å². The summed E-state index contributed by atoms with van der Waals surface area (Å²) in [5, 5.41) is 15.7. The summed E-state index contributed by atoms with van der Waals surface area (Å²) >= 11 is 0. The van der Waals surface area contributed by atoms with Gasteiger partial charge in [0.2, 0.25) is 0 Å². The van der Waals surface area contributed by atoms with Crippen LogP contribution in [0.25, 0.3) is 0 Å². The minimum Gasteiger partial charge on any atom is -0.432 e. The molecule has 0 aliphatic carbocycles. The van der Waals surface area contributed by atoms with Crippen LogP contribution in [0.15, 0.2) is 40.6 Å². The molecule has 15 heavy (non-hydrogen) atoms. The van der Waals surface area contributed by atoms with Gasteiger partial charge in [-0.3, -0.25) is 0 Å². The van der Waals surface area contributed by atoms with Gasteiger partial charge in [-0.2, -0.15) is 0 Å². The predicted octanol–water partition coefficient (Wildman–Crippen LogP) is 1.57. The van der Waals surface area contributed by atoms with Crippen molar-refractivity contribution >= 4 is 11.6 Å². The molecule has 2 rings (SSSR count). The van der Waals surface area contributed by atoms with Crippen molar-refractivity contribution in [2.45, 2.75) is 13.2 Å². The van der Waals surface area contributed by atoms with Crippen LogP contribution < -0.4 is 0 Å². The van der Waals surface area contributed by atoms with Crippen LogP contribution in [-0.4, -0.2) is 23.1 Å². The normalized spacial score (nSPS) is 20.5.